The predicted molar refractivity (Wildman–Crippen MR) is 96.0 cm³/mol. The number of nitrogens with one attached hydrogen (secondary N) is 2. The molecule has 2 atom stereocenters. The van der Waals surface area contributed by atoms with Gasteiger partial charge in [-0.3, -0.25) is 0 Å². The van der Waals surface area contributed by atoms with E-state index in [1.165, 1.54) is 5.56 Å². The van der Waals surface area contributed by atoms with Crippen molar-refractivity contribution in [2.24, 2.45) is 0 Å². The number of benzene rings is 1. The molecule has 3 N–H and O–H groups in total. The van der Waals surface area contributed by atoms with Gasteiger partial charge in [0.2, 0.25) is 0 Å². The van der Waals surface area contributed by atoms with Gasteiger partial charge >= 0.3 is 6.03 Å². The van der Waals surface area contributed by atoms with E-state index in [1.807, 2.05) is 24.4 Å². The number of carbonyl (C=O) groups excluding carboxylic acids is 1. The fourth-order valence-corrected chi connectivity index (χ4v) is 3.26. The third-order valence-electron chi connectivity index (χ3n) is 4.74. The second-order valence-corrected chi connectivity index (χ2v) is 6.56. The van der Waals surface area contributed by atoms with Crippen LogP contribution >= 0.6 is 0 Å². The number of hydrogen-bond acceptors (Lipinski definition) is 3. The molecule has 0 unspecified atom stereocenters. The van der Waals surface area contributed by atoms with Gasteiger partial charge in [-0.05, 0) is 24.8 Å². The van der Waals surface area contributed by atoms with E-state index in [4.69, 9.17) is 0 Å². The molecule has 2 amide bonds. The third kappa shape index (κ3) is 5.06. The van der Waals surface area contributed by atoms with Crippen LogP contribution in [0.5, 0.6) is 0 Å². The summed E-state index contributed by atoms with van der Waals surface area (Å²) in [6.45, 7) is 1.19. The lowest BCUT2D eigenvalue weighted by molar-refractivity contribution is 0.0943. The molecule has 0 aliphatic heterocycles. The average molecular weight is 342 g/mol. The molecule has 1 aromatic heterocycles. The average Bonchev–Trinajstić information content (AvgIpc) is 3.08. The highest BCUT2D eigenvalue weighted by atomic mass is 16.3. The van der Waals surface area contributed by atoms with Gasteiger partial charge in [0.25, 0.3) is 0 Å². The van der Waals surface area contributed by atoms with Crippen LogP contribution in [0, 0.1) is 0 Å². The molecule has 1 aliphatic rings. The molecule has 1 saturated carbocycles. The molecule has 134 valence electrons. The summed E-state index contributed by atoms with van der Waals surface area (Å²) in [5.74, 6) is 0.829. The number of aliphatic hydroxyl groups excluding tert-OH is 1. The number of aromatic nitrogens is 2. The lowest BCUT2D eigenvalue weighted by Gasteiger charge is -2.28. The topological polar surface area (TPSA) is 79.2 Å². The molecule has 0 saturated heterocycles. The Labute approximate surface area is 148 Å². The van der Waals surface area contributed by atoms with Gasteiger partial charge in [-0.2, -0.15) is 0 Å². The summed E-state index contributed by atoms with van der Waals surface area (Å²) >= 11 is 0. The summed E-state index contributed by atoms with van der Waals surface area (Å²) in [5.41, 5.74) is 1.28. The van der Waals surface area contributed by atoms with Gasteiger partial charge in [-0.1, -0.05) is 43.2 Å². The maximum atomic E-state index is 12.1. The Morgan fingerprint density at radius 1 is 1.24 bits per heavy atom. The molecule has 3 rings (SSSR count). The summed E-state index contributed by atoms with van der Waals surface area (Å²) in [6.07, 6.45) is 7.84. The molecular formula is C19H26N4O2. The van der Waals surface area contributed by atoms with E-state index in [2.05, 4.69) is 32.3 Å². The molecule has 6 nitrogen and oxygen atoms in total. The first-order chi connectivity index (χ1) is 12.2. The highest BCUT2D eigenvalue weighted by molar-refractivity contribution is 5.74. The maximum absolute atomic E-state index is 12.1. The quantitative estimate of drug-likeness (QED) is 0.753. The fraction of sp³-hybridized carbons (Fsp3) is 0.474. The summed E-state index contributed by atoms with van der Waals surface area (Å²) in [7, 11) is 0. The Bertz CT molecular complexity index is 671. The van der Waals surface area contributed by atoms with Crippen molar-refractivity contribution in [2.45, 2.75) is 57.3 Å². The van der Waals surface area contributed by atoms with Crippen molar-refractivity contribution in [3.63, 3.8) is 0 Å². The maximum Gasteiger partial charge on any atom is 0.315 e. The summed E-state index contributed by atoms with van der Waals surface area (Å²) in [5, 5.41) is 15.7. The number of aryl methyl sites for hydroxylation is 2. The summed E-state index contributed by atoms with van der Waals surface area (Å²) in [6, 6.07) is 9.91. The van der Waals surface area contributed by atoms with Crippen molar-refractivity contribution in [2.75, 3.05) is 0 Å². The molecule has 25 heavy (non-hydrogen) atoms. The van der Waals surface area contributed by atoms with Crippen molar-refractivity contribution >= 4 is 6.03 Å². The third-order valence-corrected chi connectivity index (χ3v) is 4.74. The zero-order valence-corrected chi connectivity index (χ0v) is 14.4. The minimum atomic E-state index is -0.438. The second-order valence-electron chi connectivity index (χ2n) is 6.56. The van der Waals surface area contributed by atoms with Crippen molar-refractivity contribution in [1.29, 1.82) is 0 Å². The van der Waals surface area contributed by atoms with Gasteiger partial charge in [0.1, 0.15) is 5.82 Å². The van der Waals surface area contributed by atoms with Gasteiger partial charge in [0.05, 0.1) is 18.7 Å². The monoisotopic (exact) mass is 342 g/mol. The Morgan fingerprint density at radius 2 is 2.04 bits per heavy atom. The number of amides is 2. The fourth-order valence-electron chi connectivity index (χ4n) is 3.26. The highest BCUT2D eigenvalue weighted by Crippen LogP contribution is 2.18. The van der Waals surface area contributed by atoms with E-state index in [-0.39, 0.29) is 12.1 Å². The van der Waals surface area contributed by atoms with Gasteiger partial charge in [-0.15, -0.1) is 0 Å². The Balaban J connectivity index is 1.47. The van der Waals surface area contributed by atoms with Crippen LogP contribution < -0.4 is 10.6 Å². The van der Waals surface area contributed by atoms with E-state index in [0.29, 0.717) is 6.54 Å². The van der Waals surface area contributed by atoms with Crippen LogP contribution in [0.4, 0.5) is 4.79 Å². The van der Waals surface area contributed by atoms with Crippen molar-refractivity contribution in [3.8, 4) is 0 Å². The van der Waals surface area contributed by atoms with Crippen LogP contribution in [0.1, 0.15) is 37.1 Å². The second kappa shape index (κ2) is 8.67. The number of carbonyl (C=O) groups is 1. The lowest BCUT2D eigenvalue weighted by atomic mass is 9.93. The number of aliphatic hydroxyl groups is 1. The molecule has 1 heterocycles. The number of rotatable bonds is 6. The first-order valence-corrected chi connectivity index (χ1v) is 8.99. The zero-order chi connectivity index (χ0) is 17.5. The Morgan fingerprint density at radius 3 is 2.84 bits per heavy atom. The smallest absolute Gasteiger partial charge is 0.315 e. The van der Waals surface area contributed by atoms with Gasteiger partial charge in [0.15, 0.2) is 0 Å². The van der Waals surface area contributed by atoms with E-state index in [1.54, 1.807) is 6.20 Å². The molecule has 1 aliphatic carbocycles. The minimum Gasteiger partial charge on any atom is -0.391 e. The molecule has 0 radical (unpaired) electrons. The normalized spacial score (nSPS) is 20.2. The van der Waals surface area contributed by atoms with E-state index in [9.17, 15) is 9.90 Å². The SMILES string of the molecule is O=C(NCc1nccn1CCc1ccccc1)N[C@H]1CCCC[C@H]1O. The number of nitrogens with zero attached hydrogens (tertiary/aromatic N) is 2. The van der Waals surface area contributed by atoms with E-state index in [0.717, 1.165) is 44.5 Å². The van der Waals surface area contributed by atoms with Crippen LogP contribution in [0.2, 0.25) is 0 Å². The van der Waals surface area contributed by atoms with Crippen molar-refractivity contribution < 1.29 is 9.90 Å². The minimum absolute atomic E-state index is 0.147. The van der Waals surface area contributed by atoms with E-state index < -0.39 is 6.10 Å². The van der Waals surface area contributed by atoms with Crippen molar-refractivity contribution in [1.82, 2.24) is 20.2 Å². The molecule has 1 fully saturated rings. The highest BCUT2D eigenvalue weighted by Gasteiger charge is 2.24. The number of urea groups is 1. The lowest BCUT2D eigenvalue weighted by Crippen LogP contribution is -2.48. The molecule has 6 heteroatoms. The number of hydrogen-bond donors (Lipinski definition) is 3. The summed E-state index contributed by atoms with van der Waals surface area (Å²) in [4.78, 5) is 16.4. The van der Waals surface area contributed by atoms with Crippen LogP contribution in [-0.4, -0.2) is 32.8 Å². The standard InChI is InChI=1S/C19H26N4O2/c24-17-9-5-4-8-16(17)22-19(25)21-14-18-20-11-13-23(18)12-10-15-6-2-1-3-7-15/h1-3,6-7,11,13,16-17,24H,4-5,8-10,12,14H2,(H2,21,22,25)/t16-,17+/m0/s1. The molecule has 0 bridgehead atoms. The number of imidazole rings is 1. The van der Waals surface area contributed by atoms with Crippen LogP contribution in [0.3, 0.4) is 0 Å². The van der Waals surface area contributed by atoms with Gasteiger partial charge in [-0.25, -0.2) is 9.78 Å². The predicted octanol–water partition coefficient (Wildman–Crippen LogP) is 2.23. The first kappa shape index (κ1) is 17.5. The van der Waals surface area contributed by atoms with Crippen LogP contribution in [0.25, 0.3) is 0 Å². The van der Waals surface area contributed by atoms with Crippen molar-refractivity contribution in [3.05, 3.63) is 54.1 Å². The van der Waals surface area contributed by atoms with E-state index >= 15 is 0 Å². The Kier molecular flexibility index (Phi) is 6.06. The zero-order valence-electron chi connectivity index (χ0n) is 14.4. The molecule has 0 spiro atoms. The van der Waals surface area contributed by atoms with Gasteiger partial charge < -0.3 is 20.3 Å². The molecule has 2 aromatic rings. The van der Waals surface area contributed by atoms with Crippen LogP contribution in [-0.2, 0) is 19.5 Å². The first-order valence-electron chi connectivity index (χ1n) is 8.99. The van der Waals surface area contributed by atoms with Gasteiger partial charge in [0, 0.05) is 18.9 Å². The Hall–Kier alpha value is -2.34. The summed E-state index contributed by atoms with van der Waals surface area (Å²) < 4.78 is 2.06. The molecule has 1 aromatic carbocycles. The molecular weight excluding hydrogens is 316 g/mol. The largest absolute Gasteiger partial charge is 0.391 e. The van der Waals surface area contributed by atoms with Crippen LogP contribution in [0.15, 0.2) is 42.7 Å².